The van der Waals surface area contributed by atoms with Crippen molar-refractivity contribution >= 4 is 29.1 Å². The number of nitrogens with zero attached hydrogens (tertiary/aromatic N) is 1. The lowest BCUT2D eigenvalue weighted by Crippen LogP contribution is -2.35. The first kappa shape index (κ1) is 22.7. The Labute approximate surface area is 188 Å². The SMILES string of the molecule is Cc1cc(C)c(NC(=O)CN(C)C(=O)c2ccccc2NC(=O)c2ccccc2)c(C)c1. The van der Waals surface area contributed by atoms with E-state index >= 15 is 0 Å². The molecular weight excluding hydrogens is 402 g/mol. The van der Waals surface area contributed by atoms with Crippen molar-refractivity contribution in [1.82, 2.24) is 4.90 Å². The van der Waals surface area contributed by atoms with E-state index in [-0.39, 0.29) is 24.3 Å². The summed E-state index contributed by atoms with van der Waals surface area (Å²) < 4.78 is 0. The summed E-state index contributed by atoms with van der Waals surface area (Å²) in [6, 6.07) is 19.5. The highest BCUT2D eigenvalue weighted by atomic mass is 16.2. The average molecular weight is 430 g/mol. The van der Waals surface area contributed by atoms with Crippen molar-refractivity contribution in [2.24, 2.45) is 0 Å². The second-order valence-electron chi connectivity index (χ2n) is 7.85. The average Bonchev–Trinajstić information content (AvgIpc) is 2.76. The van der Waals surface area contributed by atoms with E-state index in [1.165, 1.54) is 4.90 Å². The third-order valence-electron chi connectivity index (χ3n) is 5.11. The van der Waals surface area contributed by atoms with Gasteiger partial charge in [0.05, 0.1) is 17.8 Å². The molecule has 0 saturated carbocycles. The van der Waals surface area contributed by atoms with Crippen LogP contribution in [0.5, 0.6) is 0 Å². The Bertz CT molecular complexity index is 1130. The van der Waals surface area contributed by atoms with Gasteiger partial charge < -0.3 is 15.5 Å². The number of amides is 3. The highest BCUT2D eigenvalue weighted by Gasteiger charge is 2.20. The van der Waals surface area contributed by atoms with E-state index in [9.17, 15) is 14.4 Å². The number of nitrogens with one attached hydrogen (secondary N) is 2. The van der Waals surface area contributed by atoms with Gasteiger partial charge in [-0.05, 0) is 56.2 Å². The van der Waals surface area contributed by atoms with Gasteiger partial charge in [0.1, 0.15) is 0 Å². The molecule has 0 fully saturated rings. The minimum absolute atomic E-state index is 0.118. The fraction of sp³-hybridized carbons (Fsp3) is 0.192. The van der Waals surface area contributed by atoms with Gasteiger partial charge in [0.15, 0.2) is 0 Å². The lowest BCUT2D eigenvalue weighted by atomic mass is 10.1. The van der Waals surface area contributed by atoms with Crippen LogP contribution < -0.4 is 10.6 Å². The second kappa shape index (κ2) is 9.92. The molecule has 0 atom stereocenters. The Hall–Kier alpha value is -3.93. The monoisotopic (exact) mass is 429 g/mol. The van der Waals surface area contributed by atoms with Crippen molar-refractivity contribution in [2.75, 3.05) is 24.2 Å². The topological polar surface area (TPSA) is 78.5 Å². The molecule has 0 spiro atoms. The number of anilines is 2. The first-order chi connectivity index (χ1) is 15.3. The van der Waals surface area contributed by atoms with Crippen molar-refractivity contribution in [3.05, 3.63) is 94.5 Å². The van der Waals surface area contributed by atoms with Crippen molar-refractivity contribution in [2.45, 2.75) is 20.8 Å². The van der Waals surface area contributed by atoms with Gasteiger partial charge in [-0.15, -0.1) is 0 Å². The number of benzene rings is 3. The molecule has 3 aromatic carbocycles. The van der Waals surface area contributed by atoms with Crippen LogP contribution in [-0.2, 0) is 4.79 Å². The van der Waals surface area contributed by atoms with Gasteiger partial charge in [-0.3, -0.25) is 14.4 Å². The van der Waals surface area contributed by atoms with Crippen LogP contribution in [0.1, 0.15) is 37.4 Å². The molecule has 0 aliphatic heterocycles. The normalized spacial score (nSPS) is 10.4. The zero-order chi connectivity index (χ0) is 23.3. The van der Waals surface area contributed by atoms with Gasteiger partial charge in [0.25, 0.3) is 11.8 Å². The molecule has 0 aliphatic rings. The van der Waals surface area contributed by atoms with Crippen molar-refractivity contribution in [3.63, 3.8) is 0 Å². The van der Waals surface area contributed by atoms with Crippen LogP contribution in [0.25, 0.3) is 0 Å². The number of carbonyl (C=O) groups excluding carboxylic acids is 3. The molecule has 2 N–H and O–H groups in total. The van der Waals surface area contributed by atoms with Crippen LogP contribution in [0.4, 0.5) is 11.4 Å². The molecule has 164 valence electrons. The van der Waals surface area contributed by atoms with Gasteiger partial charge in [-0.1, -0.05) is 48.0 Å². The molecule has 6 heteroatoms. The molecule has 0 saturated heterocycles. The minimum atomic E-state index is -0.360. The van der Waals surface area contributed by atoms with Gasteiger partial charge in [0, 0.05) is 18.3 Å². The van der Waals surface area contributed by atoms with Crippen LogP contribution in [-0.4, -0.2) is 36.2 Å². The van der Waals surface area contributed by atoms with Gasteiger partial charge in [-0.25, -0.2) is 0 Å². The zero-order valence-corrected chi connectivity index (χ0v) is 18.7. The first-order valence-electron chi connectivity index (χ1n) is 10.3. The summed E-state index contributed by atoms with van der Waals surface area (Å²) in [4.78, 5) is 39.5. The largest absolute Gasteiger partial charge is 0.332 e. The standard InChI is InChI=1S/C26H27N3O3/c1-17-14-18(2)24(19(3)15-17)28-23(30)16-29(4)26(32)21-12-8-9-13-22(21)27-25(31)20-10-6-5-7-11-20/h5-15H,16H2,1-4H3,(H,27,31)(H,28,30). The molecule has 0 radical (unpaired) electrons. The van der Waals surface area contributed by atoms with E-state index in [0.717, 1.165) is 22.4 Å². The molecule has 3 aromatic rings. The van der Waals surface area contributed by atoms with Crippen LogP contribution in [0.2, 0.25) is 0 Å². The van der Waals surface area contributed by atoms with E-state index in [0.29, 0.717) is 16.8 Å². The number of rotatable bonds is 6. The summed E-state index contributed by atoms with van der Waals surface area (Å²) in [7, 11) is 1.56. The van der Waals surface area contributed by atoms with Gasteiger partial charge >= 0.3 is 0 Å². The summed E-state index contributed by atoms with van der Waals surface area (Å²) in [5, 5.41) is 5.70. The Morgan fingerprint density at radius 3 is 2.06 bits per heavy atom. The summed E-state index contributed by atoms with van der Waals surface area (Å²) >= 11 is 0. The Balaban J connectivity index is 1.71. The van der Waals surface area contributed by atoms with E-state index in [1.807, 2.05) is 39.0 Å². The maximum atomic E-state index is 13.0. The molecule has 0 aliphatic carbocycles. The number of likely N-dealkylation sites (N-methyl/N-ethyl adjacent to an activating group) is 1. The third-order valence-corrected chi connectivity index (χ3v) is 5.11. The molecule has 32 heavy (non-hydrogen) atoms. The predicted octanol–water partition coefficient (Wildman–Crippen LogP) is 4.57. The van der Waals surface area contributed by atoms with Gasteiger partial charge in [0.2, 0.25) is 5.91 Å². The summed E-state index contributed by atoms with van der Waals surface area (Å²) in [6.45, 7) is 5.77. The highest BCUT2D eigenvalue weighted by Crippen LogP contribution is 2.22. The fourth-order valence-electron chi connectivity index (χ4n) is 3.61. The van der Waals surface area contributed by atoms with Crippen molar-refractivity contribution < 1.29 is 14.4 Å². The molecule has 0 heterocycles. The van der Waals surface area contributed by atoms with Crippen LogP contribution >= 0.6 is 0 Å². The van der Waals surface area contributed by atoms with E-state index in [1.54, 1.807) is 55.6 Å². The van der Waals surface area contributed by atoms with E-state index < -0.39 is 0 Å². The molecule has 0 aromatic heterocycles. The van der Waals surface area contributed by atoms with Crippen molar-refractivity contribution in [1.29, 1.82) is 0 Å². The van der Waals surface area contributed by atoms with E-state index in [4.69, 9.17) is 0 Å². The molecule has 6 nitrogen and oxygen atoms in total. The fourth-order valence-corrected chi connectivity index (χ4v) is 3.61. The van der Waals surface area contributed by atoms with Crippen LogP contribution in [0, 0.1) is 20.8 Å². The van der Waals surface area contributed by atoms with E-state index in [2.05, 4.69) is 10.6 Å². The van der Waals surface area contributed by atoms with Crippen LogP contribution in [0.3, 0.4) is 0 Å². The summed E-state index contributed by atoms with van der Waals surface area (Å²) in [5.41, 5.74) is 5.03. The number of carbonyl (C=O) groups is 3. The minimum Gasteiger partial charge on any atom is -0.332 e. The summed E-state index contributed by atoms with van der Waals surface area (Å²) in [6.07, 6.45) is 0. The number of hydrogen-bond donors (Lipinski definition) is 2. The Morgan fingerprint density at radius 2 is 1.41 bits per heavy atom. The Kier molecular flexibility index (Phi) is 7.05. The van der Waals surface area contributed by atoms with Crippen LogP contribution in [0.15, 0.2) is 66.7 Å². The molecule has 0 unspecified atom stereocenters. The Morgan fingerprint density at radius 1 is 0.812 bits per heavy atom. The number of aryl methyl sites for hydroxylation is 3. The number of para-hydroxylation sites is 1. The smallest absolute Gasteiger partial charge is 0.256 e. The maximum Gasteiger partial charge on any atom is 0.256 e. The molecule has 3 amide bonds. The summed E-state index contributed by atoms with van der Waals surface area (Å²) in [5.74, 6) is -0.959. The first-order valence-corrected chi connectivity index (χ1v) is 10.3. The third kappa shape index (κ3) is 5.40. The lowest BCUT2D eigenvalue weighted by molar-refractivity contribution is -0.116. The highest BCUT2D eigenvalue weighted by molar-refractivity contribution is 6.09. The number of hydrogen-bond acceptors (Lipinski definition) is 3. The predicted molar refractivity (Wildman–Crippen MR) is 127 cm³/mol. The van der Waals surface area contributed by atoms with Gasteiger partial charge in [-0.2, -0.15) is 0 Å². The molecule has 0 bridgehead atoms. The molecule has 3 rings (SSSR count). The quantitative estimate of drug-likeness (QED) is 0.602. The zero-order valence-electron chi connectivity index (χ0n) is 18.7. The van der Waals surface area contributed by atoms with Crippen molar-refractivity contribution in [3.8, 4) is 0 Å². The second-order valence-corrected chi connectivity index (χ2v) is 7.85. The molecular formula is C26H27N3O3. The lowest BCUT2D eigenvalue weighted by Gasteiger charge is -2.20. The maximum absolute atomic E-state index is 13.0.